The molecule has 4 rings (SSSR count). The third-order valence-electron chi connectivity index (χ3n) is 7.58. The smallest absolute Gasteiger partial charge is 0.250 e. The van der Waals surface area contributed by atoms with Gasteiger partial charge in [-0.1, -0.05) is 30.3 Å². The highest BCUT2D eigenvalue weighted by molar-refractivity contribution is 7.89. The molecule has 0 radical (unpaired) electrons. The SMILES string of the molecule is COCCN(CCCS(=O)(=O)N1CCC(c2c[nH]c3c(C(N)=O)cc(-c4ccccc4)cc23)CC1)CCOC. The zero-order chi connectivity index (χ0) is 27.8. The number of sulfonamides is 1. The van der Waals surface area contributed by atoms with Crippen molar-refractivity contribution in [2.45, 2.75) is 25.2 Å². The number of fused-ring (bicyclic) bond motifs is 1. The van der Waals surface area contributed by atoms with Gasteiger partial charge in [0.2, 0.25) is 10.0 Å². The number of methoxy groups -OCH3 is 2. The van der Waals surface area contributed by atoms with Crippen LogP contribution in [-0.4, -0.2) is 94.4 Å². The Morgan fingerprint density at radius 2 is 1.69 bits per heavy atom. The molecular weight excluding hydrogens is 516 g/mol. The number of carbonyl (C=O) groups is 1. The van der Waals surface area contributed by atoms with E-state index in [1.54, 1.807) is 18.5 Å². The van der Waals surface area contributed by atoms with E-state index in [9.17, 15) is 13.2 Å². The summed E-state index contributed by atoms with van der Waals surface area (Å²) in [6, 6.07) is 13.8. The maximum atomic E-state index is 13.1. The van der Waals surface area contributed by atoms with Crippen LogP contribution in [0.1, 0.15) is 41.1 Å². The molecule has 10 heteroatoms. The lowest BCUT2D eigenvalue weighted by atomic mass is 9.88. The van der Waals surface area contributed by atoms with Crippen molar-refractivity contribution in [3.63, 3.8) is 0 Å². The fraction of sp³-hybridized carbons (Fsp3) is 0.483. The number of nitrogens with two attached hydrogens (primary N) is 1. The van der Waals surface area contributed by atoms with Crippen molar-refractivity contribution in [1.82, 2.24) is 14.2 Å². The van der Waals surface area contributed by atoms with E-state index in [-0.39, 0.29) is 11.7 Å². The van der Waals surface area contributed by atoms with Crippen LogP contribution in [0.15, 0.2) is 48.7 Å². The van der Waals surface area contributed by atoms with E-state index in [1.165, 1.54) is 0 Å². The summed E-state index contributed by atoms with van der Waals surface area (Å²) in [6.45, 7) is 4.36. The van der Waals surface area contributed by atoms with Crippen LogP contribution in [-0.2, 0) is 19.5 Å². The van der Waals surface area contributed by atoms with Crippen molar-refractivity contribution in [2.75, 3.05) is 65.9 Å². The Kier molecular flexibility index (Phi) is 10.1. The van der Waals surface area contributed by atoms with Crippen LogP contribution < -0.4 is 5.73 Å². The molecular formula is C29H40N4O5S. The van der Waals surface area contributed by atoms with Gasteiger partial charge in [0.25, 0.3) is 5.91 Å². The molecule has 1 aliphatic rings. The number of hydrogen-bond donors (Lipinski definition) is 2. The lowest BCUT2D eigenvalue weighted by molar-refractivity contribution is 0.100. The van der Waals surface area contributed by atoms with Gasteiger partial charge in [0, 0.05) is 52.0 Å². The molecule has 2 aromatic carbocycles. The first-order valence-corrected chi connectivity index (χ1v) is 15.1. The number of aromatic amines is 1. The number of primary amides is 1. The van der Waals surface area contributed by atoms with Gasteiger partial charge in [-0.15, -0.1) is 0 Å². The molecule has 0 atom stereocenters. The zero-order valence-corrected chi connectivity index (χ0v) is 23.7. The first-order chi connectivity index (χ1) is 18.8. The minimum absolute atomic E-state index is 0.129. The summed E-state index contributed by atoms with van der Waals surface area (Å²) < 4.78 is 38.2. The van der Waals surface area contributed by atoms with Crippen molar-refractivity contribution in [2.24, 2.45) is 5.73 Å². The molecule has 1 aliphatic heterocycles. The summed E-state index contributed by atoms with van der Waals surface area (Å²) >= 11 is 0. The third kappa shape index (κ3) is 7.26. The number of ether oxygens (including phenoxy) is 2. The van der Waals surface area contributed by atoms with Gasteiger partial charge in [0.05, 0.1) is 30.0 Å². The molecule has 0 bridgehead atoms. The molecule has 1 fully saturated rings. The van der Waals surface area contributed by atoms with E-state index < -0.39 is 15.9 Å². The summed E-state index contributed by atoms with van der Waals surface area (Å²) in [4.78, 5) is 17.7. The predicted molar refractivity (Wildman–Crippen MR) is 154 cm³/mol. The number of amides is 1. The van der Waals surface area contributed by atoms with E-state index in [2.05, 4.69) is 16.0 Å². The second-order valence-electron chi connectivity index (χ2n) is 10.1. The van der Waals surface area contributed by atoms with Crippen LogP contribution in [0.25, 0.3) is 22.0 Å². The van der Waals surface area contributed by atoms with E-state index >= 15 is 0 Å². The van der Waals surface area contributed by atoms with Crippen molar-refractivity contribution in [3.05, 3.63) is 59.8 Å². The molecule has 3 N–H and O–H groups in total. The number of piperidine rings is 1. The average molecular weight is 557 g/mol. The number of hydrogen-bond acceptors (Lipinski definition) is 6. The summed E-state index contributed by atoms with van der Waals surface area (Å²) in [6.07, 6.45) is 3.97. The van der Waals surface area contributed by atoms with Gasteiger partial charge in [-0.05, 0) is 60.5 Å². The number of rotatable bonds is 14. The van der Waals surface area contributed by atoms with E-state index in [1.807, 2.05) is 42.6 Å². The van der Waals surface area contributed by atoms with Crippen LogP contribution in [0.5, 0.6) is 0 Å². The molecule has 1 aromatic heterocycles. The minimum Gasteiger partial charge on any atom is -0.383 e. The van der Waals surface area contributed by atoms with Crippen LogP contribution in [0, 0.1) is 0 Å². The Morgan fingerprint density at radius 1 is 1.03 bits per heavy atom. The molecule has 0 aliphatic carbocycles. The van der Waals surface area contributed by atoms with Gasteiger partial charge in [0.15, 0.2) is 0 Å². The number of aromatic nitrogens is 1. The fourth-order valence-corrected chi connectivity index (χ4v) is 6.92. The van der Waals surface area contributed by atoms with Crippen molar-refractivity contribution < 1.29 is 22.7 Å². The van der Waals surface area contributed by atoms with Crippen LogP contribution in [0.2, 0.25) is 0 Å². The Balaban J connectivity index is 1.42. The largest absolute Gasteiger partial charge is 0.383 e. The maximum absolute atomic E-state index is 13.1. The number of H-pyrrole nitrogens is 1. The first kappa shape index (κ1) is 29.2. The van der Waals surface area contributed by atoms with Crippen LogP contribution >= 0.6 is 0 Å². The highest BCUT2D eigenvalue weighted by Gasteiger charge is 2.30. The molecule has 39 heavy (non-hydrogen) atoms. The Labute approximate surface area is 231 Å². The highest BCUT2D eigenvalue weighted by Crippen LogP contribution is 2.37. The topological polar surface area (TPSA) is 118 Å². The van der Waals surface area contributed by atoms with Crippen molar-refractivity contribution in [1.29, 1.82) is 0 Å². The predicted octanol–water partition coefficient (Wildman–Crippen LogP) is 3.43. The Morgan fingerprint density at radius 3 is 2.31 bits per heavy atom. The molecule has 2 heterocycles. The number of nitrogens with one attached hydrogen (secondary N) is 1. The summed E-state index contributed by atoms with van der Waals surface area (Å²) in [7, 11) is -0.0115. The number of nitrogens with zero attached hydrogens (tertiary/aromatic N) is 2. The maximum Gasteiger partial charge on any atom is 0.250 e. The van der Waals surface area contributed by atoms with Gasteiger partial charge >= 0.3 is 0 Å². The first-order valence-electron chi connectivity index (χ1n) is 13.5. The average Bonchev–Trinajstić information content (AvgIpc) is 3.38. The standard InChI is InChI=1S/C29H40N4O5S/c1-37-16-14-32(15-17-38-2)11-6-18-39(35,36)33-12-9-23(10-13-33)27-21-31-28-25(27)19-24(20-26(28)29(30)34)22-7-4-3-5-8-22/h3-5,7-8,19-21,23,31H,6,9-18H2,1-2H3,(H2,30,34). The quantitative estimate of drug-likeness (QED) is 0.314. The summed E-state index contributed by atoms with van der Waals surface area (Å²) in [5, 5.41) is 0.971. The second kappa shape index (κ2) is 13.5. The van der Waals surface area contributed by atoms with Gasteiger partial charge < -0.3 is 20.2 Å². The Hall–Kier alpha value is -2.76. The number of benzene rings is 2. The van der Waals surface area contributed by atoms with E-state index in [0.717, 1.165) is 53.5 Å². The third-order valence-corrected chi connectivity index (χ3v) is 9.54. The lowest BCUT2D eigenvalue weighted by Crippen LogP contribution is -2.40. The van der Waals surface area contributed by atoms with Gasteiger partial charge in [-0.3, -0.25) is 9.69 Å². The molecule has 1 amide bonds. The molecule has 0 spiro atoms. The lowest BCUT2D eigenvalue weighted by Gasteiger charge is -2.31. The van der Waals surface area contributed by atoms with Gasteiger partial charge in [-0.25, -0.2) is 12.7 Å². The molecule has 0 unspecified atom stereocenters. The normalized spacial score (nSPS) is 15.4. The molecule has 212 valence electrons. The van der Waals surface area contributed by atoms with E-state index in [4.69, 9.17) is 15.2 Å². The van der Waals surface area contributed by atoms with Gasteiger partial charge in [-0.2, -0.15) is 0 Å². The van der Waals surface area contributed by atoms with Gasteiger partial charge in [0.1, 0.15) is 0 Å². The Bertz CT molecular complexity index is 1330. The minimum atomic E-state index is -3.34. The van der Waals surface area contributed by atoms with Crippen molar-refractivity contribution >= 4 is 26.8 Å². The monoisotopic (exact) mass is 556 g/mol. The zero-order valence-electron chi connectivity index (χ0n) is 22.9. The van der Waals surface area contributed by atoms with E-state index in [0.29, 0.717) is 44.8 Å². The fourth-order valence-electron chi connectivity index (χ4n) is 5.40. The molecule has 1 saturated heterocycles. The molecule has 3 aromatic rings. The van der Waals surface area contributed by atoms with Crippen LogP contribution in [0.4, 0.5) is 0 Å². The summed E-state index contributed by atoms with van der Waals surface area (Å²) in [5.41, 5.74) is 9.99. The number of carbonyl (C=O) groups excluding carboxylic acids is 1. The van der Waals surface area contributed by atoms with Crippen LogP contribution in [0.3, 0.4) is 0 Å². The second-order valence-corrected chi connectivity index (χ2v) is 12.2. The highest BCUT2D eigenvalue weighted by atomic mass is 32.2. The molecule has 9 nitrogen and oxygen atoms in total. The summed E-state index contributed by atoms with van der Waals surface area (Å²) in [5.74, 6) is -0.158. The molecule has 0 saturated carbocycles. The van der Waals surface area contributed by atoms with Crippen molar-refractivity contribution in [3.8, 4) is 11.1 Å².